The van der Waals surface area contributed by atoms with E-state index in [0.717, 1.165) is 30.8 Å². The topological polar surface area (TPSA) is 52.6 Å². The summed E-state index contributed by atoms with van der Waals surface area (Å²) in [7, 11) is 0. The molecule has 20 heavy (non-hydrogen) atoms. The van der Waals surface area contributed by atoms with E-state index >= 15 is 0 Å². The molecule has 2 N–H and O–H groups in total. The molecule has 2 atom stereocenters. The summed E-state index contributed by atoms with van der Waals surface area (Å²) in [5.74, 6) is 0.312. The number of hydrogen-bond acceptors (Lipinski definition) is 3. The Balaban J connectivity index is 1.87. The third-order valence-corrected chi connectivity index (χ3v) is 4.01. The van der Waals surface area contributed by atoms with E-state index in [2.05, 4.69) is 16.3 Å². The summed E-state index contributed by atoms with van der Waals surface area (Å²) in [5.41, 5.74) is 3.16. The molecule has 0 spiro atoms. The SMILES string of the molecule is Cc1ccc(NC(=O)CN2CCC(C(C)O)C2)c(C)c1. The molecular formula is C16H24N2O2. The van der Waals surface area contributed by atoms with E-state index in [-0.39, 0.29) is 12.0 Å². The van der Waals surface area contributed by atoms with Gasteiger partial charge in [0.05, 0.1) is 12.6 Å². The molecule has 1 aliphatic rings. The van der Waals surface area contributed by atoms with Gasteiger partial charge in [-0.25, -0.2) is 0 Å². The summed E-state index contributed by atoms with van der Waals surface area (Å²) in [6, 6.07) is 6.02. The van der Waals surface area contributed by atoms with Crippen molar-refractivity contribution in [3.05, 3.63) is 29.3 Å². The minimum Gasteiger partial charge on any atom is -0.393 e. The number of aryl methyl sites for hydroxylation is 2. The van der Waals surface area contributed by atoms with Crippen molar-refractivity contribution in [2.45, 2.75) is 33.3 Å². The molecule has 1 aliphatic heterocycles. The predicted molar refractivity (Wildman–Crippen MR) is 80.8 cm³/mol. The highest BCUT2D eigenvalue weighted by Gasteiger charge is 2.27. The summed E-state index contributed by atoms with van der Waals surface area (Å²) in [6.07, 6.45) is 0.677. The van der Waals surface area contributed by atoms with Gasteiger partial charge in [0.25, 0.3) is 0 Å². The number of rotatable bonds is 4. The predicted octanol–water partition coefficient (Wildman–Crippen LogP) is 1.94. The molecule has 0 saturated carbocycles. The molecular weight excluding hydrogens is 252 g/mol. The van der Waals surface area contributed by atoms with Crippen LogP contribution in [-0.4, -0.2) is 41.7 Å². The van der Waals surface area contributed by atoms with Crippen LogP contribution in [0.3, 0.4) is 0 Å². The molecule has 2 unspecified atom stereocenters. The van der Waals surface area contributed by atoms with Gasteiger partial charge in [0.15, 0.2) is 0 Å². The number of nitrogens with one attached hydrogen (secondary N) is 1. The normalized spacial score (nSPS) is 20.9. The van der Waals surface area contributed by atoms with Gasteiger partial charge in [-0.2, -0.15) is 0 Å². The van der Waals surface area contributed by atoms with Crippen LogP contribution in [0.4, 0.5) is 5.69 Å². The Morgan fingerprint density at radius 3 is 2.85 bits per heavy atom. The molecule has 4 heteroatoms. The molecule has 1 saturated heterocycles. The Labute approximate surface area is 120 Å². The second kappa shape index (κ2) is 6.37. The molecule has 0 radical (unpaired) electrons. The smallest absolute Gasteiger partial charge is 0.238 e. The fourth-order valence-corrected chi connectivity index (χ4v) is 2.75. The summed E-state index contributed by atoms with van der Waals surface area (Å²) in [6.45, 7) is 7.95. The highest BCUT2D eigenvalue weighted by atomic mass is 16.3. The molecule has 0 aromatic heterocycles. The fraction of sp³-hybridized carbons (Fsp3) is 0.562. The minimum atomic E-state index is -0.289. The quantitative estimate of drug-likeness (QED) is 0.883. The van der Waals surface area contributed by atoms with Gasteiger partial charge in [0, 0.05) is 12.2 Å². The second-order valence-electron chi connectivity index (χ2n) is 5.89. The number of benzene rings is 1. The first-order valence-corrected chi connectivity index (χ1v) is 7.23. The Bertz CT molecular complexity index is 485. The standard InChI is InChI=1S/C16H24N2O2/c1-11-4-5-15(12(2)8-11)17-16(20)10-18-7-6-14(9-18)13(3)19/h4-5,8,13-14,19H,6-7,9-10H2,1-3H3,(H,17,20). The number of anilines is 1. The lowest BCUT2D eigenvalue weighted by atomic mass is 10.0. The van der Waals surface area contributed by atoms with Crippen molar-refractivity contribution in [1.82, 2.24) is 4.90 Å². The van der Waals surface area contributed by atoms with Crippen molar-refractivity contribution in [2.24, 2.45) is 5.92 Å². The molecule has 0 bridgehead atoms. The van der Waals surface area contributed by atoms with Crippen molar-refractivity contribution < 1.29 is 9.90 Å². The van der Waals surface area contributed by atoms with Crippen LogP contribution >= 0.6 is 0 Å². The number of amides is 1. The molecule has 0 aliphatic carbocycles. The lowest BCUT2D eigenvalue weighted by Gasteiger charge is -2.17. The van der Waals surface area contributed by atoms with Gasteiger partial charge < -0.3 is 10.4 Å². The minimum absolute atomic E-state index is 0.0168. The zero-order chi connectivity index (χ0) is 14.7. The van der Waals surface area contributed by atoms with Gasteiger partial charge in [0.2, 0.25) is 5.91 Å². The third kappa shape index (κ3) is 3.81. The highest BCUT2D eigenvalue weighted by molar-refractivity contribution is 5.93. The second-order valence-corrected chi connectivity index (χ2v) is 5.89. The summed E-state index contributed by atoms with van der Waals surface area (Å²) in [5, 5.41) is 12.5. The molecule has 1 aromatic rings. The van der Waals surface area contributed by atoms with Gasteiger partial charge in [-0.15, -0.1) is 0 Å². The van der Waals surface area contributed by atoms with Crippen LogP contribution in [0.1, 0.15) is 24.5 Å². The molecule has 2 rings (SSSR count). The first-order chi connectivity index (χ1) is 9.45. The maximum absolute atomic E-state index is 12.1. The maximum Gasteiger partial charge on any atom is 0.238 e. The Kier molecular flexibility index (Phi) is 4.78. The van der Waals surface area contributed by atoms with E-state index in [4.69, 9.17) is 0 Å². The van der Waals surface area contributed by atoms with Crippen LogP contribution in [-0.2, 0) is 4.79 Å². The number of carbonyl (C=O) groups excluding carboxylic acids is 1. The van der Waals surface area contributed by atoms with Crippen molar-refractivity contribution >= 4 is 11.6 Å². The lowest BCUT2D eigenvalue weighted by Crippen LogP contribution is -2.32. The van der Waals surface area contributed by atoms with Crippen LogP contribution < -0.4 is 5.32 Å². The molecule has 1 fully saturated rings. The first kappa shape index (κ1) is 15.0. The number of hydrogen-bond donors (Lipinski definition) is 2. The molecule has 110 valence electrons. The lowest BCUT2D eigenvalue weighted by molar-refractivity contribution is -0.117. The number of likely N-dealkylation sites (tertiary alicyclic amines) is 1. The van der Waals surface area contributed by atoms with Gasteiger partial charge in [0.1, 0.15) is 0 Å². The van der Waals surface area contributed by atoms with Crippen LogP contribution in [0.2, 0.25) is 0 Å². The van der Waals surface area contributed by atoms with E-state index in [0.29, 0.717) is 12.5 Å². The number of aliphatic hydroxyl groups is 1. The maximum atomic E-state index is 12.1. The first-order valence-electron chi connectivity index (χ1n) is 7.23. The third-order valence-electron chi connectivity index (χ3n) is 4.01. The Morgan fingerprint density at radius 2 is 2.25 bits per heavy atom. The van der Waals surface area contributed by atoms with E-state index in [1.807, 2.05) is 32.9 Å². The Morgan fingerprint density at radius 1 is 1.50 bits per heavy atom. The van der Waals surface area contributed by atoms with Crippen LogP contribution in [0, 0.1) is 19.8 Å². The highest BCUT2D eigenvalue weighted by Crippen LogP contribution is 2.20. The molecule has 4 nitrogen and oxygen atoms in total. The van der Waals surface area contributed by atoms with Crippen LogP contribution in [0.25, 0.3) is 0 Å². The van der Waals surface area contributed by atoms with Gasteiger partial charge in [-0.3, -0.25) is 9.69 Å². The van der Waals surface area contributed by atoms with E-state index in [1.54, 1.807) is 0 Å². The van der Waals surface area contributed by atoms with Crippen molar-refractivity contribution in [3.8, 4) is 0 Å². The fourth-order valence-electron chi connectivity index (χ4n) is 2.75. The van der Waals surface area contributed by atoms with E-state index in [9.17, 15) is 9.90 Å². The molecule has 1 amide bonds. The summed E-state index contributed by atoms with van der Waals surface area (Å²) >= 11 is 0. The van der Waals surface area contributed by atoms with Crippen LogP contribution in [0.5, 0.6) is 0 Å². The van der Waals surface area contributed by atoms with Gasteiger partial charge in [-0.05, 0) is 51.3 Å². The van der Waals surface area contributed by atoms with Crippen molar-refractivity contribution in [1.29, 1.82) is 0 Å². The monoisotopic (exact) mass is 276 g/mol. The number of nitrogens with zero attached hydrogens (tertiary/aromatic N) is 1. The molecule has 1 aromatic carbocycles. The van der Waals surface area contributed by atoms with Gasteiger partial charge in [-0.1, -0.05) is 17.7 Å². The Hall–Kier alpha value is -1.39. The summed E-state index contributed by atoms with van der Waals surface area (Å²) in [4.78, 5) is 14.2. The zero-order valence-electron chi connectivity index (χ0n) is 12.5. The largest absolute Gasteiger partial charge is 0.393 e. The van der Waals surface area contributed by atoms with Gasteiger partial charge >= 0.3 is 0 Å². The zero-order valence-corrected chi connectivity index (χ0v) is 12.5. The van der Waals surface area contributed by atoms with Crippen molar-refractivity contribution in [3.63, 3.8) is 0 Å². The van der Waals surface area contributed by atoms with Crippen LogP contribution in [0.15, 0.2) is 18.2 Å². The number of carbonyl (C=O) groups is 1. The molecule has 1 heterocycles. The van der Waals surface area contributed by atoms with Crippen molar-refractivity contribution in [2.75, 3.05) is 25.0 Å². The summed E-state index contributed by atoms with van der Waals surface area (Å²) < 4.78 is 0. The average molecular weight is 276 g/mol. The number of aliphatic hydroxyl groups excluding tert-OH is 1. The van der Waals surface area contributed by atoms with E-state index < -0.39 is 0 Å². The average Bonchev–Trinajstić information content (AvgIpc) is 2.81. The van der Waals surface area contributed by atoms with E-state index in [1.165, 1.54) is 5.56 Å².